The highest BCUT2D eigenvalue weighted by Crippen LogP contribution is 2.33. The minimum Gasteiger partial charge on any atom is -0.372 e. The van der Waals surface area contributed by atoms with Crippen LogP contribution in [-0.4, -0.2) is 31.2 Å². The van der Waals surface area contributed by atoms with E-state index in [1.807, 2.05) is 0 Å². The van der Waals surface area contributed by atoms with Crippen LogP contribution in [0, 0.1) is 0 Å². The molecule has 0 aromatic rings. The van der Waals surface area contributed by atoms with E-state index in [4.69, 9.17) is 10.5 Å². The van der Waals surface area contributed by atoms with Crippen LogP contribution in [0.15, 0.2) is 0 Å². The second-order valence-electron chi connectivity index (χ2n) is 3.35. The van der Waals surface area contributed by atoms with E-state index in [1.165, 1.54) is 7.11 Å². The summed E-state index contributed by atoms with van der Waals surface area (Å²) in [4.78, 5) is 11.3. The quantitative estimate of drug-likeness (QED) is 0.608. The summed E-state index contributed by atoms with van der Waals surface area (Å²) >= 11 is 0. The summed E-state index contributed by atoms with van der Waals surface area (Å²) < 4.78 is 4.88. The van der Waals surface area contributed by atoms with Crippen LogP contribution in [0.4, 0.5) is 0 Å². The third kappa shape index (κ3) is 1.95. The number of carbonyl (C=O) groups excluding carboxylic acids is 1. The zero-order chi connectivity index (χ0) is 9.19. The molecular weight excluding hydrogens is 156 g/mol. The predicted octanol–water partition coefficient (Wildman–Crippen LogP) is -0.371. The lowest BCUT2D eigenvalue weighted by Gasteiger charge is -2.17. The van der Waals surface area contributed by atoms with Gasteiger partial charge in [-0.3, -0.25) is 4.79 Å². The maximum atomic E-state index is 11.3. The smallest absolute Gasteiger partial charge is 0.249 e. The molecule has 0 spiro atoms. The molecule has 0 saturated heterocycles. The van der Waals surface area contributed by atoms with Crippen LogP contribution in [0.25, 0.3) is 0 Å². The molecule has 4 heteroatoms. The summed E-state index contributed by atoms with van der Waals surface area (Å²) in [6, 6.07) is 0. The average Bonchev–Trinajstić information content (AvgIpc) is 2.84. The van der Waals surface area contributed by atoms with Gasteiger partial charge in [-0.25, -0.2) is 0 Å². The van der Waals surface area contributed by atoms with Crippen molar-refractivity contribution in [3.63, 3.8) is 0 Å². The van der Waals surface area contributed by atoms with Crippen LogP contribution in [0.5, 0.6) is 0 Å². The van der Waals surface area contributed by atoms with Crippen LogP contribution in [0.2, 0.25) is 0 Å². The van der Waals surface area contributed by atoms with E-state index in [-0.39, 0.29) is 17.6 Å². The van der Waals surface area contributed by atoms with Gasteiger partial charge in [-0.1, -0.05) is 0 Å². The molecule has 1 aliphatic rings. The van der Waals surface area contributed by atoms with Crippen molar-refractivity contribution in [3.8, 4) is 0 Å². The second kappa shape index (κ2) is 3.41. The Hall–Kier alpha value is -0.610. The third-order valence-corrected chi connectivity index (χ3v) is 2.36. The molecule has 1 saturated carbocycles. The summed E-state index contributed by atoms with van der Waals surface area (Å²) in [6.07, 6.45) is 1.60. The normalized spacial score (nSPS) is 21.6. The van der Waals surface area contributed by atoms with Crippen molar-refractivity contribution in [1.82, 2.24) is 5.32 Å². The Bertz CT molecular complexity index is 178. The molecule has 4 nitrogen and oxygen atoms in total. The Labute approximate surface area is 72.5 Å². The largest absolute Gasteiger partial charge is 0.372 e. The topological polar surface area (TPSA) is 64.3 Å². The van der Waals surface area contributed by atoms with E-state index in [2.05, 4.69) is 5.32 Å². The number of carbonyl (C=O) groups is 1. The number of methoxy groups -OCH3 is 1. The maximum absolute atomic E-state index is 11.3. The molecule has 0 heterocycles. The van der Waals surface area contributed by atoms with Crippen molar-refractivity contribution in [2.75, 3.05) is 13.7 Å². The summed E-state index contributed by atoms with van der Waals surface area (Å²) in [5.74, 6) is -0.0690. The van der Waals surface area contributed by atoms with Gasteiger partial charge in [0.2, 0.25) is 5.91 Å². The zero-order valence-electron chi connectivity index (χ0n) is 7.59. The van der Waals surface area contributed by atoms with Crippen LogP contribution < -0.4 is 11.1 Å². The first kappa shape index (κ1) is 9.48. The number of nitrogens with one attached hydrogen (secondary N) is 1. The Morgan fingerprint density at radius 1 is 1.75 bits per heavy atom. The van der Waals surface area contributed by atoms with Gasteiger partial charge < -0.3 is 15.8 Å². The first-order valence-electron chi connectivity index (χ1n) is 4.18. The Morgan fingerprint density at radius 3 is 2.67 bits per heavy atom. The molecule has 0 aromatic heterocycles. The van der Waals surface area contributed by atoms with Gasteiger partial charge in [0, 0.05) is 13.7 Å². The molecule has 12 heavy (non-hydrogen) atoms. The lowest BCUT2D eigenvalue weighted by Crippen LogP contribution is -2.46. The second-order valence-corrected chi connectivity index (χ2v) is 3.35. The Morgan fingerprint density at radius 2 is 2.33 bits per heavy atom. The molecule has 3 N–H and O–H groups in total. The van der Waals surface area contributed by atoms with E-state index in [0.29, 0.717) is 6.54 Å². The number of rotatable bonds is 4. The van der Waals surface area contributed by atoms with Crippen molar-refractivity contribution in [2.24, 2.45) is 5.73 Å². The molecule has 1 amide bonds. The van der Waals surface area contributed by atoms with Gasteiger partial charge in [0.05, 0.1) is 5.54 Å². The predicted molar refractivity (Wildman–Crippen MR) is 45.6 cm³/mol. The van der Waals surface area contributed by atoms with Crippen LogP contribution >= 0.6 is 0 Å². The van der Waals surface area contributed by atoms with Crippen LogP contribution in [0.3, 0.4) is 0 Å². The van der Waals surface area contributed by atoms with Gasteiger partial charge in [0.1, 0.15) is 6.10 Å². The zero-order valence-corrected chi connectivity index (χ0v) is 7.59. The first-order valence-corrected chi connectivity index (χ1v) is 4.18. The van der Waals surface area contributed by atoms with E-state index >= 15 is 0 Å². The molecule has 1 unspecified atom stereocenters. The highest BCUT2D eigenvalue weighted by Gasteiger charge is 2.43. The molecular formula is C8H16N2O2. The lowest BCUT2D eigenvalue weighted by molar-refractivity contribution is -0.131. The maximum Gasteiger partial charge on any atom is 0.249 e. The van der Waals surface area contributed by atoms with Crippen LogP contribution in [-0.2, 0) is 9.53 Å². The number of amides is 1. The van der Waals surface area contributed by atoms with E-state index < -0.39 is 0 Å². The van der Waals surface area contributed by atoms with Gasteiger partial charge in [-0.15, -0.1) is 0 Å². The van der Waals surface area contributed by atoms with Crippen molar-refractivity contribution < 1.29 is 9.53 Å². The SMILES string of the molecule is COC(C)C(=O)NC1(CN)CC1. The minimum absolute atomic E-state index is 0.0690. The number of ether oxygens (including phenoxy) is 1. The third-order valence-electron chi connectivity index (χ3n) is 2.36. The molecule has 0 aliphatic heterocycles. The minimum atomic E-state index is -0.381. The fraction of sp³-hybridized carbons (Fsp3) is 0.875. The van der Waals surface area contributed by atoms with Gasteiger partial charge in [0.25, 0.3) is 0 Å². The summed E-state index contributed by atoms with van der Waals surface area (Å²) in [7, 11) is 1.52. The lowest BCUT2D eigenvalue weighted by atomic mass is 10.2. The molecule has 1 atom stereocenters. The fourth-order valence-electron chi connectivity index (χ4n) is 1.00. The standard InChI is InChI=1S/C8H16N2O2/c1-6(12-2)7(11)10-8(5-9)3-4-8/h6H,3-5,9H2,1-2H3,(H,10,11). The first-order chi connectivity index (χ1) is 5.63. The Balaban J connectivity index is 2.36. The molecule has 0 aromatic carbocycles. The summed E-state index contributed by atoms with van der Waals surface area (Å²) in [6.45, 7) is 2.25. The van der Waals surface area contributed by atoms with E-state index in [9.17, 15) is 4.79 Å². The van der Waals surface area contributed by atoms with E-state index in [0.717, 1.165) is 12.8 Å². The molecule has 1 rings (SSSR count). The van der Waals surface area contributed by atoms with Gasteiger partial charge in [-0.05, 0) is 19.8 Å². The fourth-order valence-corrected chi connectivity index (χ4v) is 1.00. The summed E-state index contributed by atoms with van der Waals surface area (Å²) in [5.41, 5.74) is 5.40. The molecule has 0 bridgehead atoms. The van der Waals surface area contributed by atoms with Crippen molar-refractivity contribution >= 4 is 5.91 Å². The van der Waals surface area contributed by atoms with Crippen molar-refractivity contribution in [2.45, 2.75) is 31.4 Å². The molecule has 70 valence electrons. The van der Waals surface area contributed by atoms with Crippen molar-refractivity contribution in [1.29, 1.82) is 0 Å². The Kier molecular flexibility index (Phi) is 2.69. The number of hydrogen-bond acceptors (Lipinski definition) is 3. The molecule has 0 radical (unpaired) electrons. The van der Waals surface area contributed by atoms with Crippen molar-refractivity contribution in [3.05, 3.63) is 0 Å². The number of nitrogens with two attached hydrogens (primary N) is 1. The van der Waals surface area contributed by atoms with Gasteiger partial charge >= 0.3 is 0 Å². The molecule has 1 aliphatic carbocycles. The number of hydrogen-bond donors (Lipinski definition) is 2. The van der Waals surface area contributed by atoms with Gasteiger partial charge in [0.15, 0.2) is 0 Å². The van der Waals surface area contributed by atoms with Gasteiger partial charge in [-0.2, -0.15) is 0 Å². The van der Waals surface area contributed by atoms with Crippen LogP contribution in [0.1, 0.15) is 19.8 Å². The van der Waals surface area contributed by atoms with E-state index in [1.54, 1.807) is 6.92 Å². The summed E-state index contributed by atoms with van der Waals surface area (Å²) in [5, 5.41) is 2.88. The average molecular weight is 172 g/mol. The monoisotopic (exact) mass is 172 g/mol. The highest BCUT2D eigenvalue weighted by molar-refractivity contribution is 5.81. The highest BCUT2D eigenvalue weighted by atomic mass is 16.5. The molecule has 1 fully saturated rings.